The maximum Gasteiger partial charge on any atom is 0.231 e. The van der Waals surface area contributed by atoms with Crippen LogP contribution >= 0.6 is 22.6 Å². The van der Waals surface area contributed by atoms with Crippen LogP contribution in [0.15, 0.2) is 24.3 Å². The monoisotopic (exact) mass is 330 g/mol. The van der Waals surface area contributed by atoms with Crippen LogP contribution in [-0.2, 0) is 4.79 Å². The molecule has 1 unspecified atom stereocenters. The molecule has 1 amide bonds. The number of benzene rings is 1. The first-order valence-corrected chi connectivity index (χ1v) is 6.46. The number of hydrogen-bond acceptors (Lipinski definition) is 2. The number of rotatable bonds is 2. The summed E-state index contributed by atoms with van der Waals surface area (Å²) >= 11 is 2.25. The highest BCUT2D eigenvalue weighted by molar-refractivity contribution is 14.1. The second-order valence-corrected chi connectivity index (χ2v) is 5.69. The molecule has 0 radical (unpaired) electrons. The summed E-state index contributed by atoms with van der Waals surface area (Å²) in [5.74, 6) is 0.110. The van der Waals surface area contributed by atoms with Gasteiger partial charge in [0.05, 0.1) is 5.41 Å². The Balaban J connectivity index is 2.04. The van der Waals surface area contributed by atoms with Gasteiger partial charge in [-0.2, -0.15) is 0 Å². The first-order valence-electron chi connectivity index (χ1n) is 5.38. The molecule has 1 fully saturated rings. The smallest absolute Gasteiger partial charge is 0.231 e. The quantitative estimate of drug-likeness (QED) is 0.817. The van der Waals surface area contributed by atoms with Crippen molar-refractivity contribution in [1.82, 2.24) is 5.32 Å². The van der Waals surface area contributed by atoms with Crippen LogP contribution in [0.2, 0.25) is 0 Å². The Kier molecular flexibility index (Phi) is 3.49. The third-order valence-electron chi connectivity index (χ3n) is 3.02. The molecule has 4 heteroatoms. The van der Waals surface area contributed by atoms with Crippen LogP contribution in [0.4, 0.5) is 5.69 Å². The van der Waals surface area contributed by atoms with Crippen molar-refractivity contribution in [1.29, 1.82) is 0 Å². The van der Waals surface area contributed by atoms with E-state index < -0.39 is 0 Å². The van der Waals surface area contributed by atoms with E-state index in [2.05, 4.69) is 33.2 Å². The summed E-state index contributed by atoms with van der Waals surface area (Å²) in [4.78, 5) is 12.1. The number of amides is 1. The normalized spacial score (nSPS) is 24.4. The predicted octanol–water partition coefficient (Wildman–Crippen LogP) is 2.23. The van der Waals surface area contributed by atoms with Gasteiger partial charge in [0.2, 0.25) is 5.91 Å². The first-order chi connectivity index (χ1) is 7.60. The maximum atomic E-state index is 12.1. The molecule has 0 aromatic heterocycles. The molecule has 1 aromatic rings. The lowest BCUT2D eigenvalue weighted by molar-refractivity contribution is -0.123. The van der Waals surface area contributed by atoms with Gasteiger partial charge >= 0.3 is 0 Å². The number of nitrogens with one attached hydrogen (secondary N) is 2. The van der Waals surface area contributed by atoms with Crippen molar-refractivity contribution in [3.63, 3.8) is 0 Å². The van der Waals surface area contributed by atoms with Crippen molar-refractivity contribution in [3.05, 3.63) is 27.8 Å². The highest BCUT2D eigenvalue weighted by Gasteiger charge is 2.36. The van der Waals surface area contributed by atoms with Crippen LogP contribution in [-0.4, -0.2) is 19.0 Å². The van der Waals surface area contributed by atoms with E-state index in [0.29, 0.717) is 0 Å². The van der Waals surface area contributed by atoms with Gasteiger partial charge in [-0.3, -0.25) is 4.79 Å². The van der Waals surface area contributed by atoms with E-state index in [1.54, 1.807) is 0 Å². The third kappa shape index (κ3) is 2.55. The summed E-state index contributed by atoms with van der Waals surface area (Å²) in [6, 6.07) is 7.85. The van der Waals surface area contributed by atoms with E-state index in [9.17, 15) is 4.79 Å². The molecule has 0 spiro atoms. The zero-order valence-electron chi connectivity index (χ0n) is 9.22. The summed E-state index contributed by atoms with van der Waals surface area (Å²) in [7, 11) is 0. The summed E-state index contributed by atoms with van der Waals surface area (Å²) in [6.45, 7) is 3.70. The predicted molar refractivity (Wildman–Crippen MR) is 73.4 cm³/mol. The standard InChI is InChI=1S/C12H15IN2O/c1-12(6-7-14-8-12)11(16)15-10-4-2-9(13)3-5-10/h2-5,14H,6-8H2,1H3,(H,15,16). The lowest BCUT2D eigenvalue weighted by Gasteiger charge is -2.21. The number of carbonyl (C=O) groups excluding carboxylic acids is 1. The average Bonchev–Trinajstić information content (AvgIpc) is 2.70. The zero-order chi connectivity index (χ0) is 11.6. The average molecular weight is 330 g/mol. The topological polar surface area (TPSA) is 41.1 Å². The van der Waals surface area contributed by atoms with Crippen molar-refractivity contribution in [2.24, 2.45) is 5.41 Å². The van der Waals surface area contributed by atoms with Crippen molar-refractivity contribution >= 4 is 34.2 Å². The minimum absolute atomic E-state index is 0.110. The van der Waals surface area contributed by atoms with Crippen LogP contribution < -0.4 is 10.6 Å². The Morgan fingerprint density at radius 1 is 1.44 bits per heavy atom. The fourth-order valence-electron chi connectivity index (χ4n) is 1.83. The Labute approximate surface area is 109 Å². The largest absolute Gasteiger partial charge is 0.326 e. The molecule has 1 aromatic carbocycles. The van der Waals surface area contributed by atoms with Crippen molar-refractivity contribution < 1.29 is 4.79 Å². The molecule has 2 rings (SSSR count). The molecule has 3 nitrogen and oxygen atoms in total. The first kappa shape index (κ1) is 11.9. The molecular weight excluding hydrogens is 315 g/mol. The molecule has 1 aliphatic rings. The zero-order valence-corrected chi connectivity index (χ0v) is 11.4. The van der Waals surface area contributed by atoms with Gasteiger partial charge in [0.1, 0.15) is 0 Å². The number of hydrogen-bond donors (Lipinski definition) is 2. The molecule has 1 aliphatic heterocycles. The Hall–Kier alpha value is -0.620. The van der Waals surface area contributed by atoms with E-state index in [1.807, 2.05) is 31.2 Å². The van der Waals surface area contributed by atoms with Crippen LogP contribution in [0, 0.1) is 8.99 Å². The SMILES string of the molecule is CC1(C(=O)Nc2ccc(I)cc2)CCNC1. The van der Waals surface area contributed by atoms with Gasteiger partial charge in [-0.15, -0.1) is 0 Å². The van der Waals surface area contributed by atoms with E-state index in [4.69, 9.17) is 0 Å². The van der Waals surface area contributed by atoms with Crippen molar-refractivity contribution in [3.8, 4) is 0 Å². The van der Waals surface area contributed by atoms with E-state index >= 15 is 0 Å². The van der Waals surface area contributed by atoms with Crippen LogP contribution in [0.5, 0.6) is 0 Å². The molecule has 1 atom stereocenters. The Bertz CT molecular complexity index is 383. The molecule has 2 N–H and O–H groups in total. The van der Waals surface area contributed by atoms with Gasteiger partial charge < -0.3 is 10.6 Å². The van der Waals surface area contributed by atoms with Crippen LogP contribution in [0.3, 0.4) is 0 Å². The fourth-order valence-corrected chi connectivity index (χ4v) is 2.19. The summed E-state index contributed by atoms with van der Waals surface area (Å²) < 4.78 is 1.17. The second-order valence-electron chi connectivity index (χ2n) is 4.45. The molecule has 86 valence electrons. The van der Waals surface area contributed by atoms with Gasteiger partial charge in [0, 0.05) is 15.8 Å². The molecule has 16 heavy (non-hydrogen) atoms. The van der Waals surface area contributed by atoms with Crippen LogP contribution in [0.25, 0.3) is 0 Å². The minimum Gasteiger partial charge on any atom is -0.326 e. The molecule has 1 heterocycles. The number of anilines is 1. The van der Waals surface area contributed by atoms with E-state index in [1.165, 1.54) is 3.57 Å². The molecule has 0 bridgehead atoms. The van der Waals surface area contributed by atoms with Gasteiger partial charge in [-0.1, -0.05) is 0 Å². The summed E-state index contributed by atoms with van der Waals surface area (Å²) in [5, 5.41) is 6.20. The van der Waals surface area contributed by atoms with Gasteiger partial charge in [-0.05, 0) is 66.7 Å². The Morgan fingerprint density at radius 2 is 2.12 bits per heavy atom. The molecule has 0 saturated carbocycles. The highest BCUT2D eigenvalue weighted by atomic mass is 127. The van der Waals surface area contributed by atoms with Gasteiger partial charge in [0.25, 0.3) is 0 Å². The highest BCUT2D eigenvalue weighted by Crippen LogP contribution is 2.26. The van der Waals surface area contributed by atoms with Crippen molar-refractivity contribution in [2.45, 2.75) is 13.3 Å². The summed E-state index contributed by atoms with van der Waals surface area (Å²) in [5.41, 5.74) is 0.613. The second kappa shape index (κ2) is 4.71. The molecule has 1 saturated heterocycles. The Morgan fingerprint density at radius 3 is 2.69 bits per heavy atom. The lowest BCUT2D eigenvalue weighted by Crippen LogP contribution is -2.35. The summed E-state index contributed by atoms with van der Waals surface area (Å²) in [6.07, 6.45) is 0.906. The maximum absolute atomic E-state index is 12.1. The fraction of sp³-hybridized carbons (Fsp3) is 0.417. The van der Waals surface area contributed by atoms with Crippen molar-refractivity contribution in [2.75, 3.05) is 18.4 Å². The van der Waals surface area contributed by atoms with E-state index in [-0.39, 0.29) is 11.3 Å². The lowest BCUT2D eigenvalue weighted by atomic mass is 9.89. The molecule has 0 aliphatic carbocycles. The molecular formula is C12H15IN2O. The number of halogens is 1. The third-order valence-corrected chi connectivity index (χ3v) is 3.74. The van der Waals surface area contributed by atoms with Gasteiger partial charge in [-0.25, -0.2) is 0 Å². The minimum atomic E-state index is -0.261. The van der Waals surface area contributed by atoms with Gasteiger partial charge in [0.15, 0.2) is 0 Å². The number of carbonyl (C=O) groups is 1. The van der Waals surface area contributed by atoms with E-state index in [0.717, 1.165) is 25.2 Å². The van der Waals surface area contributed by atoms with Crippen LogP contribution in [0.1, 0.15) is 13.3 Å².